The van der Waals surface area contributed by atoms with Crippen LogP contribution < -0.4 is 10.2 Å². The number of aromatic nitrogens is 1. The third-order valence-electron chi connectivity index (χ3n) is 3.86. The van der Waals surface area contributed by atoms with Crippen LogP contribution in [0.5, 0.6) is 0 Å². The van der Waals surface area contributed by atoms with Gasteiger partial charge in [-0.25, -0.2) is 4.98 Å². The molecule has 3 nitrogen and oxygen atoms in total. The lowest BCUT2D eigenvalue weighted by Crippen LogP contribution is -2.34. The van der Waals surface area contributed by atoms with Gasteiger partial charge in [0.15, 0.2) is 0 Å². The van der Waals surface area contributed by atoms with Crippen LogP contribution in [0, 0.1) is 0 Å². The van der Waals surface area contributed by atoms with Crippen molar-refractivity contribution < 1.29 is 0 Å². The molecule has 114 valence electrons. The first-order valence-electron chi connectivity index (χ1n) is 7.46. The molecular weight excluding hydrogens is 278 g/mol. The third-order valence-corrected chi connectivity index (χ3v) is 4.58. The highest BCUT2D eigenvalue weighted by molar-refractivity contribution is 7.98. The van der Waals surface area contributed by atoms with E-state index in [9.17, 15) is 0 Å². The van der Waals surface area contributed by atoms with E-state index in [1.807, 2.05) is 18.8 Å². The summed E-state index contributed by atoms with van der Waals surface area (Å²) in [6.07, 6.45) is 3.30. The Labute approximate surface area is 132 Å². The maximum absolute atomic E-state index is 4.92. The maximum atomic E-state index is 4.92. The van der Waals surface area contributed by atoms with Crippen LogP contribution in [0.1, 0.15) is 18.9 Å². The van der Waals surface area contributed by atoms with E-state index >= 15 is 0 Å². The van der Waals surface area contributed by atoms with E-state index in [0.717, 1.165) is 30.1 Å². The number of hydrogen-bond acceptors (Lipinski definition) is 4. The fourth-order valence-electron chi connectivity index (χ4n) is 2.64. The van der Waals surface area contributed by atoms with E-state index in [2.05, 4.69) is 60.8 Å². The van der Waals surface area contributed by atoms with Gasteiger partial charge < -0.3 is 10.2 Å². The molecule has 0 radical (unpaired) electrons. The molecule has 1 aromatic carbocycles. The molecule has 1 N–H and O–H groups in total. The molecule has 0 saturated carbocycles. The first-order valence-corrected chi connectivity index (χ1v) is 8.85. The summed E-state index contributed by atoms with van der Waals surface area (Å²) in [5, 5.41) is 4.47. The van der Waals surface area contributed by atoms with Gasteiger partial charge in [-0.2, -0.15) is 11.8 Å². The number of para-hydroxylation sites is 1. The second-order valence-corrected chi connectivity index (χ2v) is 6.23. The van der Waals surface area contributed by atoms with E-state index < -0.39 is 0 Å². The molecular formula is C17H25N3S. The van der Waals surface area contributed by atoms with E-state index in [4.69, 9.17) is 4.98 Å². The average molecular weight is 303 g/mol. The number of anilines is 1. The Balaban J connectivity index is 2.46. The molecule has 1 heterocycles. The molecule has 2 rings (SSSR count). The van der Waals surface area contributed by atoms with Crippen LogP contribution in [0.3, 0.4) is 0 Å². The molecule has 1 unspecified atom stereocenters. The first-order chi connectivity index (χ1) is 10.2. The van der Waals surface area contributed by atoms with Gasteiger partial charge in [0.1, 0.15) is 5.82 Å². The largest absolute Gasteiger partial charge is 0.356 e. The second-order valence-electron chi connectivity index (χ2n) is 5.32. The van der Waals surface area contributed by atoms with Crippen LogP contribution in [0.25, 0.3) is 10.9 Å². The molecule has 1 aromatic heterocycles. The lowest BCUT2D eigenvalue weighted by atomic mass is 10.1. The van der Waals surface area contributed by atoms with Gasteiger partial charge in [-0.1, -0.05) is 25.1 Å². The summed E-state index contributed by atoms with van der Waals surface area (Å²) in [5.41, 5.74) is 2.33. The summed E-state index contributed by atoms with van der Waals surface area (Å²) in [5.74, 6) is 2.23. The molecule has 0 aliphatic heterocycles. The Morgan fingerprint density at radius 3 is 2.76 bits per heavy atom. The summed E-state index contributed by atoms with van der Waals surface area (Å²) in [6.45, 7) is 3.09. The van der Waals surface area contributed by atoms with Crippen molar-refractivity contribution in [3.63, 3.8) is 0 Å². The van der Waals surface area contributed by atoms with Crippen LogP contribution in [-0.4, -0.2) is 37.1 Å². The molecule has 0 aliphatic rings. The lowest BCUT2D eigenvalue weighted by Gasteiger charge is -2.30. The van der Waals surface area contributed by atoms with Gasteiger partial charge in [0.05, 0.1) is 5.52 Å². The van der Waals surface area contributed by atoms with E-state index in [1.54, 1.807) is 0 Å². The van der Waals surface area contributed by atoms with Crippen molar-refractivity contribution in [2.24, 2.45) is 0 Å². The number of pyridine rings is 1. The Morgan fingerprint density at radius 2 is 2.10 bits per heavy atom. The van der Waals surface area contributed by atoms with E-state index in [-0.39, 0.29) is 0 Å². The van der Waals surface area contributed by atoms with Crippen molar-refractivity contribution >= 4 is 28.5 Å². The van der Waals surface area contributed by atoms with Gasteiger partial charge in [-0.05, 0) is 31.9 Å². The summed E-state index contributed by atoms with van der Waals surface area (Å²) >= 11 is 1.90. The van der Waals surface area contributed by atoms with Crippen LogP contribution >= 0.6 is 11.8 Å². The zero-order valence-corrected chi connectivity index (χ0v) is 14.2. The maximum Gasteiger partial charge on any atom is 0.133 e. The molecule has 4 heteroatoms. The van der Waals surface area contributed by atoms with Crippen LogP contribution in [0.2, 0.25) is 0 Å². The van der Waals surface area contributed by atoms with Crippen molar-refractivity contribution in [1.29, 1.82) is 0 Å². The minimum absolute atomic E-state index is 0.518. The van der Waals surface area contributed by atoms with E-state index in [0.29, 0.717) is 6.04 Å². The molecule has 1 atom stereocenters. The Hall–Kier alpha value is -1.26. The van der Waals surface area contributed by atoms with E-state index in [1.165, 1.54) is 10.9 Å². The molecule has 0 aliphatic carbocycles. The average Bonchev–Trinajstić information content (AvgIpc) is 2.51. The molecule has 0 saturated heterocycles. The summed E-state index contributed by atoms with van der Waals surface area (Å²) in [7, 11) is 4.15. The van der Waals surface area contributed by atoms with Gasteiger partial charge in [0.25, 0.3) is 0 Å². The number of rotatable bonds is 7. The fraction of sp³-hybridized carbons (Fsp3) is 0.471. The van der Waals surface area contributed by atoms with Crippen LogP contribution in [-0.2, 0) is 6.54 Å². The molecule has 2 aromatic rings. The highest BCUT2D eigenvalue weighted by Crippen LogP contribution is 2.25. The fourth-order valence-corrected chi connectivity index (χ4v) is 3.49. The summed E-state index contributed by atoms with van der Waals surface area (Å²) in [4.78, 5) is 7.26. The van der Waals surface area contributed by atoms with Crippen molar-refractivity contribution in [2.75, 3.05) is 31.0 Å². The van der Waals surface area contributed by atoms with Gasteiger partial charge in [0, 0.05) is 36.3 Å². The van der Waals surface area contributed by atoms with Gasteiger partial charge >= 0.3 is 0 Å². The number of nitrogens with zero attached hydrogens (tertiary/aromatic N) is 2. The normalized spacial score (nSPS) is 12.6. The van der Waals surface area contributed by atoms with Crippen LogP contribution in [0.15, 0.2) is 30.3 Å². The van der Waals surface area contributed by atoms with Crippen molar-refractivity contribution in [1.82, 2.24) is 10.3 Å². The Bertz CT molecular complexity index is 585. The zero-order chi connectivity index (χ0) is 15.2. The minimum atomic E-state index is 0.518. The predicted octanol–water partition coefficient (Wildman–Crippen LogP) is 3.53. The number of fused-ring (bicyclic) bond motifs is 1. The minimum Gasteiger partial charge on any atom is -0.356 e. The number of nitrogens with one attached hydrogen (secondary N) is 1. The quantitative estimate of drug-likeness (QED) is 0.847. The molecule has 0 spiro atoms. The number of hydrogen-bond donors (Lipinski definition) is 1. The predicted molar refractivity (Wildman–Crippen MR) is 95.4 cm³/mol. The Kier molecular flexibility index (Phi) is 5.88. The van der Waals surface area contributed by atoms with Gasteiger partial charge in [-0.3, -0.25) is 0 Å². The SMILES string of the molecule is CCC(CSC)N(C)c1nc2ccccc2cc1CNC. The van der Waals surface area contributed by atoms with Gasteiger partial charge in [-0.15, -0.1) is 0 Å². The summed E-state index contributed by atoms with van der Waals surface area (Å²) < 4.78 is 0. The van der Waals surface area contributed by atoms with Crippen LogP contribution in [0.4, 0.5) is 5.82 Å². The second kappa shape index (κ2) is 7.66. The van der Waals surface area contributed by atoms with Gasteiger partial charge in [0.2, 0.25) is 0 Å². The first kappa shape index (κ1) is 16.1. The van der Waals surface area contributed by atoms with Crippen molar-refractivity contribution in [3.05, 3.63) is 35.9 Å². The summed E-state index contributed by atoms with van der Waals surface area (Å²) in [6, 6.07) is 11.1. The molecule has 0 amide bonds. The van der Waals surface area contributed by atoms with Crippen molar-refractivity contribution in [2.45, 2.75) is 25.9 Å². The molecule has 0 fully saturated rings. The smallest absolute Gasteiger partial charge is 0.133 e. The standard InChI is InChI=1S/C17H25N3S/c1-5-15(12-21-4)20(3)17-14(11-18-2)10-13-8-6-7-9-16(13)19-17/h6-10,15,18H,5,11-12H2,1-4H3. The highest BCUT2D eigenvalue weighted by Gasteiger charge is 2.17. The third kappa shape index (κ3) is 3.69. The monoisotopic (exact) mass is 303 g/mol. The van der Waals surface area contributed by atoms with Crippen molar-refractivity contribution in [3.8, 4) is 0 Å². The zero-order valence-electron chi connectivity index (χ0n) is 13.4. The Morgan fingerprint density at radius 1 is 1.33 bits per heavy atom. The topological polar surface area (TPSA) is 28.2 Å². The lowest BCUT2D eigenvalue weighted by molar-refractivity contribution is 0.660. The number of thioether (sulfide) groups is 1. The highest BCUT2D eigenvalue weighted by atomic mass is 32.2. The molecule has 21 heavy (non-hydrogen) atoms. The number of benzene rings is 1. The molecule has 0 bridgehead atoms.